The Balaban J connectivity index is 2.76. The van der Waals surface area contributed by atoms with Gasteiger partial charge in [-0.25, -0.2) is 0 Å². The van der Waals surface area contributed by atoms with Crippen molar-refractivity contribution in [1.29, 1.82) is 0 Å². The third-order valence-corrected chi connectivity index (χ3v) is 3.34. The number of oxime groups is 1. The smallest absolute Gasteiger partial charge is 0.217 e. The quantitative estimate of drug-likeness (QED) is 0.496. The van der Waals surface area contributed by atoms with E-state index in [1.165, 1.54) is 23.6 Å². The van der Waals surface area contributed by atoms with Crippen molar-refractivity contribution < 1.29 is 9.63 Å². The summed E-state index contributed by atoms with van der Waals surface area (Å²) in [5.74, 6) is 0.0727. The van der Waals surface area contributed by atoms with E-state index in [0.29, 0.717) is 6.61 Å². The zero-order valence-corrected chi connectivity index (χ0v) is 13.7. The number of amidine groups is 1. The summed E-state index contributed by atoms with van der Waals surface area (Å²) in [5.41, 5.74) is 9.81. The van der Waals surface area contributed by atoms with Crippen LogP contribution in [-0.4, -0.2) is 17.3 Å². The standard InChI is InChI=1S/C16H25N3O2/c1-10-7-11(2)14(12(3)8-10)9-21-19-15(17)16(5,6)18-13(4)20/h7-8H,9H2,1-6H3,(H2,17,19)(H,18,20). The summed E-state index contributed by atoms with van der Waals surface area (Å²) in [6.07, 6.45) is 0. The van der Waals surface area contributed by atoms with Gasteiger partial charge < -0.3 is 15.9 Å². The monoisotopic (exact) mass is 291 g/mol. The number of rotatable bonds is 5. The average Bonchev–Trinajstić information content (AvgIpc) is 2.30. The van der Waals surface area contributed by atoms with E-state index in [2.05, 4.69) is 29.5 Å². The predicted octanol–water partition coefficient (Wildman–Crippen LogP) is 2.32. The number of amides is 1. The van der Waals surface area contributed by atoms with Crippen LogP contribution >= 0.6 is 0 Å². The summed E-state index contributed by atoms with van der Waals surface area (Å²) in [6, 6.07) is 4.22. The zero-order valence-electron chi connectivity index (χ0n) is 13.7. The van der Waals surface area contributed by atoms with Gasteiger partial charge in [0.05, 0.1) is 5.54 Å². The van der Waals surface area contributed by atoms with Gasteiger partial charge in [0.25, 0.3) is 0 Å². The molecule has 0 bridgehead atoms. The summed E-state index contributed by atoms with van der Waals surface area (Å²) < 4.78 is 0. The van der Waals surface area contributed by atoms with Crippen molar-refractivity contribution in [3.63, 3.8) is 0 Å². The first kappa shape index (κ1) is 17.0. The molecule has 0 unspecified atom stereocenters. The normalized spacial score (nSPS) is 12.2. The van der Waals surface area contributed by atoms with Gasteiger partial charge >= 0.3 is 0 Å². The lowest BCUT2D eigenvalue weighted by Gasteiger charge is -2.24. The predicted molar refractivity (Wildman–Crippen MR) is 85.0 cm³/mol. The largest absolute Gasteiger partial charge is 0.389 e. The molecule has 0 heterocycles. The number of carbonyl (C=O) groups is 1. The minimum absolute atomic E-state index is 0.164. The molecule has 0 fully saturated rings. The van der Waals surface area contributed by atoms with Crippen molar-refractivity contribution >= 4 is 11.7 Å². The lowest BCUT2D eigenvalue weighted by molar-refractivity contribution is -0.119. The number of nitrogens with one attached hydrogen (secondary N) is 1. The Labute approximate surface area is 126 Å². The van der Waals surface area contributed by atoms with Crippen LogP contribution in [0.25, 0.3) is 0 Å². The zero-order chi connectivity index (χ0) is 16.2. The van der Waals surface area contributed by atoms with Crippen molar-refractivity contribution in [3.05, 3.63) is 34.4 Å². The van der Waals surface area contributed by atoms with E-state index in [1.807, 2.05) is 13.8 Å². The molecule has 0 radical (unpaired) electrons. The number of nitrogens with two attached hydrogens (primary N) is 1. The number of carbonyl (C=O) groups excluding carboxylic acids is 1. The Hall–Kier alpha value is -2.04. The molecule has 0 aromatic heterocycles. The fourth-order valence-electron chi connectivity index (χ4n) is 2.22. The fraction of sp³-hybridized carbons (Fsp3) is 0.500. The van der Waals surface area contributed by atoms with Crippen LogP contribution in [0.3, 0.4) is 0 Å². The molecule has 1 amide bonds. The maximum atomic E-state index is 11.1. The fourth-order valence-corrected chi connectivity index (χ4v) is 2.22. The van der Waals surface area contributed by atoms with E-state index in [0.717, 1.165) is 5.56 Å². The summed E-state index contributed by atoms with van der Waals surface area (Å²) in [6.45, 7) is 11.5. The minimum atomic E-state index is -0.733. The lowest BCUT2D eigenvalue weighted by Crippen LogP contribution is -2.52. The van der Waals surface area contributed by atoms with Gasteiger partial charge in [-0.1, -0.05) is 22.9 Å². The highest BCUT2D eigenvalue weighted by molar-refractivity contribution is 5.92. The number of aryl methyl sites for hydroxylation is 3. The Morgan fingerprint density at radius 3 is 2.29 bits per heavy atom. The SMILES string of the molecule is CC(=O)NC(C)(C)C(N)=NOCc1c(C)cc(C)cc1C. The highest BCUT2D eigenvalue weighted by Gasteiger charge is 2.24. The van der Waals surface area contributed by atoms with Gasteiger partial charge in [0.1, 0.15) is 6.61 Å². The molecule has 3 N–H and O–H groups in total. The second-order valence-electron chi connectivity index (χ2n) is 5.93. The van der Waals surface area contributed by atoms with E-state index < -0.39 is 5.54 Å². The minimum Gasteiger partial charge on any atom is -0.389 e. The van der Waals surface area contributed by atoms with Gasteiger partial charge in [-0.2, -0.15) is 0 Å². The molecule has 0 atom stereocenters. The second kappa shape index (κ2) is 6.61. The van der Waals surface area contributed by atoms with Crippen LogP contribution in [0.4, 0.5) is 0 Å². The number of nitrogens with zero attached hydrogens (tertiary/aromatic N) is 1. The molecule has 1 aromatic carbocycles. The van der Waals surface area contributed by atoms with Crippen molar-refractivity contribution in [1.82, 2.24) is 5.32 Å². The van der Waals surface area contributed by atoms with Gasteiger partial charge in [0.2, 0.25) is 5.91 Å². The third-order valence-electron chi connectivity index (χ3n) is 3.34. The molecule has 5 nitrogen and oxygen atoms in total. The van der Waals surface area contributed by atoms with Gasteiger partial charge in [-0.3, -0.25) is 4.79 Å². The summed E-state index contributed by atoms with van der Waals surface area (Å²) in [5, 5.41) is 6.65. The van der Waals surface area contributed by atoms with Crippen LogP contribution in [0, 0.1) is 20.8 Å². The second-order valence-corrected chi connectivity index (χ2v) is 5.93. The third kappa shape index (κ3) is 4.77. The summed E-state index contributed by atoms with van der Waals surface area (Å²) in [7, 11) is 0. The molecular formula is C16H25N3O2. The van der Waals surface area contributed by atoms with Crippen LogP contribution in [0.5, 0.6) is 0 Å². The van der Waals surface area contributed by atoms with Crippen LogP contribution in [-0.2, 0) is 16.2 Å². The van der Waals surface area contributed by atoms with Crippen LogP contribution < -0.4 is 11.1 Å². The van der Waals surface area contributed by atoms with Crippen molar-refractivity contribution in [2.24, 2.45) is 10.9 Å². The molecule has 0 saturated heterocycles. The molecule has 5 heteroatoms. The van der Waals surface area contributed by atoms with Crippen LogP contribution in [0.15, 0.2) is 17.3 Å². The first-order valence-corrected chi connectivity index (χ1v) is 6.95. The van der Waals surface area contributed by atoms with Crippen LogP contribution in [0.2, 0.25) is 0 Å². The number of benzene rings is 1. The number of hydrogen-bond donors (Lipinski definition) is 2. The maximum Gasteiger partial charge on any atom is 0.217 e. The van der Waals surface area contributed by atoms with Gasteiger partial charge in [-0.15, -0.1) is 0 Å². The average molecular weight is 291 g/mol. The Morgan fingerprint density at radius 2 is 1.81 bits per heavy atom. The van der Waals surface area contributed by atoms with Gasteiger partial charge in [0, 0.05) is 6.92 Å². The Bertz CT molecular complexity index is 540. The molecule has 116 valence electrons. The molecule has 0 saturated carbocycles. The number of hydrogen-bond acceptors (Lipinski definition) is 3. The Morgan fingerprint density at radius 1 is 1.29 bits per heavy atom. The topological polar surface area (TPSA) is 76.7 Å². The Kier molecular flexibility index (Phi) is 5.35. The first-order valence-electron chi connectivity index (χ1n) is 6.95. The van der Waals surface area contributed by atoms with Crippen molar-refractivity contribution in [3.8, 4) is 0 Å². The highest BCUT2D eigenvalue weighted by atomic mass is 16.6. The highest BCUT2D eigenvalue weighted by Crippen LogP contribution is 2.17. The van der Waals surface area contributed by atoms with E-state index in [4.69, 9.17) is 10.6 Å². The molecule has 1 aromatic rings. The molecule has 0 aliphatic rings. The first-order chi connectivity index (χ1) is 9.63. The van der Waals surface area contributed by atoms with Crippen molar-refractivity contribution in [2.75, 3.05) is 0 Å². The molecule has 0 aliphatic heterocycles. The molecular weight excluding hydrogens is 266 g/mol. The maximum absolute atomic E-state index is 11.1. The van der Waals surface area contributed by atoms with E-state index in [9.17, 15) is 4.79 Å². The lowest BCUT2D eigenvalue weighted by atomic mass is 10.0. The van der Waals surface area contributed by atoms with Crippen LogP contribution in [0.1, 0.15) is 43.0 Å². The van der Waals surface area contributed by atoms with E-state index >= 15 is 0 Å². The van der Waals surface area contributed by atoms with E-state index in [-0.39, 0.29) is 11.7 Å². The van der Waals surface area contributed by atoms with Crippen molar-refractivity contribution in [2.45, 2.75) is 53.7 Å². The molecule has 21 heavy (non-hydrogen) atoms. The molecule has 0 spiro atoms. The van der Waals surface area contributed by atoms with Gasteiger partial charge in [-0.05, 0) is 51.3 Å². The molecule has 1 rings (SSSR count). The van der Waals surface area contributed by atoms with E-state index in [1.54, 1.807) is 13.8 Å². The summed E-state index contributed by atoms with van der Waals surface area (Å²) >= 11 is 0. The molecule has 0 aliphatic carbocycles. The van der Waals surface area contributed by atoms with Gasteiger partial charge in [0.15, 0.2) is 5.84 Å². The summed E-state index contributed by atoms with van der Waals surface area (Å²) in [4.78, 5) is 16.5.